The lowest BCUT2D eigenvalue weighted by Gasteiger charge is -2.12. The smallest absolute Gasteiger partial charge is 0.125 e. The second-order valence-corrected chi connectivity index (χ2v) is 3.58. The van der Waals surface area contributed by atoms with E-state index in [9.17, 15) is 0 Å². The maximum Gasteiger partial charge on any atom is 0.125 e. The van der Waals surface area contributed by atoms with Crippen molar-refractivity contribution < 1.29 is 9.47 Å². The van der Waals surface area contributed by atoms with Gasteiger partial charge < -0.3 is 9.47 Å². The number of hydrogen-bond donors (Lipinski definition) is 0. The maximum atomic E-state index is 5.63. The van der Waals surface area contributed by atoms with E-state index in [-0.39, 0.29) is 0 Å². The van der Waals surface area contributed by atoms with Crippen LogP contribution in [0.4, 0.5) is 0 Å². The highest BCUT2D eigenvalue weighted by Gasteiger charge is 2.05. The zero-order chi connectivity index (χ0) is 11.1. The average molecular weight is 208 g/mol. The van der Waals surface area contributed by atoms with Gasteiger partial charge in [0.15, 0.2) is 0 Å². The Bertz CT molecular complexity index is 268. The molecule has 0 saturated carbocycles. The van der Waals surface area contributed by atoms with Crippen LogP contribution in [0.3, 0.4) is 0 Å². The van der Waals surface area contributed by atoms with Crippen molar-refractivity contribution in [3.05, 3.63) is 23.8 Å². The minimum Gasteiger partial charge on any atom is -0.493 e. The molecule has 0 aliphatic heterocycles. The van der Waals surface area contributed by atoms with Crippen molar-refractivity contribution in [2.24, 2.45) is 0 Å². The van der Waals surface area contributed by atoms with Gasteiger partial charge in [-0.15, -0.1) is 0 Å². The highest BCUT2D eigenvalue weighted by Crippen LogP contribution is 2.27. The van der Waals surface area contributed by atoms with E-state index in [0.29, 0.717) is 0 Å². The van der Waals surface area contributed by atoms with Gasteiger partial charge in [0.1, 0.15) is 11.5 Å². The molecule has 0 aromatic heterocycles. The topological polar surface area (TPSA) is 18.5 Å². The van der Waals surface area contributed by atoms with Gasteiger partial charge in [-0.25, -0.2) is 0 Å². The van der Waals surface area contributed by atoms with Crippen LogP contribution in [-0.2, 0) is 0 Å². The van der Waals surface area contributed by atoms with Crippen LogP contribution in [0.2, 0.25) is 0 Å². The van der Waals surface area contributed by atoms with Gasteiger partial charge in [-0.1, -0.05) is 19.9 Å². The highest BCUT2D eigenvalue weighted by atomic mass is 16.5. The van der Waals surface area contributed by atoms with Crippen LogP contribution in [0.1, 0.15) is 32.3 Å². The molecule has 2 heteroatoms. The van der Waals surface area contributed by atoms with Crippen molar-refractivity contribution in [1.82, 2.24) is 0 Å². The predicted octanol–water partition coefficient (Wildman–Crippen LogP) is 3.57. The fourth-order valence-corrected chi connectivity index (χ4v) is 1.33. The summed E-state index contributed by atoms with van der Waals surface area (Å²) in [5.41, 5.74) is 1.10. The molecule has 15 heavy (non-hydrogen) atoms. The van der Waals surface area contributed by atoms with Crippen LogP contribution >= 0.6 is 0 Å². The molecule has 0 N–H and O–H groups in total. The highest BCUT2D eigenvalue weighted by molar-refractivity contribution is 5.43. The standard InChI is InChI=1S/C13H20O2/c1-4-9-14-12-7-6-8-13(11(12)3)15-10-5-2/h6-8H,4-5,9-10H2,1-3H3. The van der Waals surface area contributed by atoms with E-state index < -0.39 is 0 Å². The molecule has 0 spiro atoms. The molecule has 0 bridgehead atoms. The summed E-state index contributed by atoms with van der Waals surface area (Å²) < 4.78 is 11.3. The molecule has 0 saturated heterocycles. The minimum atomic E-state index is 0.762. The van der Waals surface area contributed by atoms with Gasteiger partial charge in [0.25, 0.3) is 0 Å². The van der Waals surface area contributed by atoms with E-state index in [4.69, 9.17) is 9.47 Å². The number of rotatable bonds is 6. The van der Waals surface area contributed by atoms with Crippen molar-refractivity contribution in [1.29, 1.82) is 0 Å². The van der Waals surface area contributed by atoms with E-state index in [2.05, 4.69) is 13.8 Å². The van der Waals surface area contributed by atoms with Crippen LogP contribution in [0.5, 0.6) is 11.5 Å². The van der Waals surface area contributed by atoms with Crippen molar-refractivity contribution in [2.75, 3.05) is 13.2 Å². The first-order valence-electron chi connectivity index (χ1n) is 5.64. The summed E-state index contributed by atoms with van der Waals surface area (Å²) >= 11 is 0. The van der Waals surface area contributed by atoms with Crippen LogP contribution in [0, 0.1) is 6.92 Å². The van der Waals surface area contributed by atoms with E-state index in [1.807, 2.05) is 25.1 Å². The monoisotopic (exact) mass is 208 g/mol. The molecule has 0 amide bonds. The molecule has 84 valence electrons. The first-order valence-corrected chi connectivity index (χ1v) is 5.64. The Balaban J connectivity index is 2.71. The lowest BCUT2D eigenvalue weighted by molar-refractivity contribution is 0.298. The first kappa shape index (κ1) is 11.9. The predicted molar refractivity (Wildman–Crippen MR) is 62.8 cm³/mol. The molecular formula is C13H20O2. The van der Waals surface area contributed by atoms with Crippen LogP contribution < -0.4 is 9.47 Å². The van der Waals surface area contributed by atoms with E-state index in [1.165, 1.54) is 0 Å². The third-order valence-electron chi connectivity index (χ3n) is 2.16. The SMILES string of the molecule is CCCOc1cccc(OCCC)c1C. The van der Waals surface area contributed by atoms with E-state index in [0.717, 1.165) is 43.1 Å². The van der Waals surface area contributed by atoms with E-state index >= 15 is 0 Å². The third-order valence-corrected chi connectivity index (χ3v) is 2.16. The molecule has 0 aliphatic carbocycles. The van der Waals surface area contributed by atoms with Gasteiger partial charge >= 0.3 is 0 Å². The molecule has 1 aromatic rings. The van der Waals surface area contributed by atoms with Crippen LogP contribution in [0.25, 0.3) is 0 Å². The lowest BCUT2D eigenvalue weighted by atomic mass is 10.2. The summed E-state index contributed by atoms with van der Waals surface area (Å²) in [4.78, 5) is 0. The Kier molecular flexibility index (Phi) is 5.02. The van der Waals surface area contributed by atoms with Gasteiger partial charge in [-0.05, 0) is 31.9 Å². The molecule has 0 unspecified atom stereocenters. The first-order chi connectivity index (χ1) is 7.29. The van der Waals surface area contributed by atoms with Gasteiger partial charge in [0, 0.05) is 5.56 Å². The Morgan fingerprint density at radius 2 is 1.40 bits per heavy atom. The molecule has 2 nitrogen and oxygen atoms in total. The average Bonchev–Trinajstić information content (AvgIpc) is 2.26. The zero-order valence-electron chi connectivity index (χ0n) is 9.88. The number of hydrogen-bond acceptors (Lipinski definition) is 2. The molecule has 0 fully saturated rings. The summed E-state index contributed by atoms with van der Waals surface area (Å²) in [5, 5.41) is 0. The minimum absolute atomic E-state index is 0.762. The fraction of sp³-hybridized carbons (Fsp3) is 0.538. The Hall–Kier alpha value is -1.18. The summed E-state index contributed by atoms with van der Waals surface area (Å²) in [6.45, 7) is 7.77. The van der Waals surface area contributed by atoms with Crippen molar-refractivity contribution in [2.45, 2.75) is 33.6 Å². The van der Waals surface area contributed by atoms with Crippen molar-refractivity contribution >= 4 is 0 Å². The maximum absolute atomic E-state index is 5.63. The number of benzene rings is 1. The van der Waals surface area contributed by atoms with E-state index in [1.54, 1.807) is 0 Å². The number of ether oxygens (including phenoxy) is 2. The van der Waals surface area contributed by atoms with Gasteiger partial charge in [0.05, 0.1) is 13.2 Å². The Morgan fingerprint density at radius 1 is 0.933 bits per heavy atom. The summed E-state index contributed by atoms with van der Waals surface area (Å²) in [7, 11) is 0. The summed E-state index contributed by atoms with van der Waals surface area (Å²) in [6, 6.07) is 5.95. The van der Waals surface area contributed by atoms with Crippen molar-refractivity contribution in [3.8, 4) is 11.5 Å². The molecule has 0 heterocycles. The quantitative estimate of drug-likeness (QED) is 0.711. The summed E-state index contributed by atoms with van der Waals surface area (Å²) in [6.07, 6.45) is 2.05. The molecule has 1 aromatic carbocycles. The summed E-state index contributed by atoms with van der Waals surface area (Å²) in [5.74, 6) is 1.87. The van der Waals surface area contributed by atoms with Crippen LogP contribution in [0.15, 0.2) is 18.2 Å². The largest absolute Gasteiger partial charge is 0.493 e. The second kappa shape index (κ2) is 6.33. The Labute approximate surface area is 92.2 Å². The zero-order valence-corrected chi connectivity index (χ0v) is 9.88. The fourth-order valence-electron chi connectivity index (χ4n) is 1.33. The Morgan fingerprint density at radius 3 is 1.80 bits per heavy atom. The normalized spacial score (nSPS) is 10.1. The van der Waals surface area contributed by atoms with Gasteiger partial charge in [-0.3, -0.25) is 0 Å². The van der Waals surface area contributed by atoms with Gasteiger partial charge in [-0.2, -0.15) is 0 Å². The second-order valence-electron chi connectivity index (χ2n) is 3.58. The third kappa shape index (κ3) is 3.46. The van der Waals surface area contributed by atoms with Gasteiger partial charge in [0.2, 0.25) is 0 Å². The molecule has 1 rings (SSSR count). The molecule has 0 aliphatic rings. The molecule has 0 radical (unpaired) electrons. The molecular weight excluding hydrogens is 188 g/mol. The lowest BCUT2D eigenvalue weighted by Crippen LogP contribution is -2.00. The van der Waals surface area contributed by atoms with Crippen LogP contribution in [-0.4, -0.2) is 13.2 Å². The van der Waals surface area contributed by atoms with Crippen molar-refractivity contribution in [3.63, 3.8) is 0 Å². The molecule has 0 atom stereocenters.